The Labute approximate surface area is 216 Å². The van der Waals surface area contributed by atoms with E-state index in [9.17, 15) is 4.79 Å². The minimum Gasteiger partial charge on any atom is -0.493 e. The van der Waals surface area contributed by atoms with Gasteiger partial charge in [0.05, 0.1) is 12.5 Å². The Morgan fingerprint density at radius 2 is 1.89 bits per heavy atom. The van der Waals surface area contributed by atoms with Crippen LogP contribution in [0.3, 0.4) is 0 Å². The summed E-state index contributed by atoms with van der Waals surface area (Å²) in [6.45, 7) is 5.45. The maximum atomic E-state index is 14.6. The SMILES string of the molecule is CCc1cccc2c1OCC[C@]21CNC[C@H]1C(=O)N1CC[C@@H](c2ccccc2)C[C@H]1C1CCCCC1. The Morgan fingerprint density at radius 1 is 1.06 bits per heavy atom. The zero-order valence-corrected chi connectivity index (χ0v) is 21.9. The van der Waals surface area contributed by atoms with E-state index in [4.69, 9.17) is 4.74 Å². The second-order valence-electron chi connectivity index (χ2n) is 11.7. The van der Waals surface area contributed by atoms with Crippen molar-refractivity contribution in [2.45, 2.75) is 82.1 Å². The Hall–Kier alpha value is -2.33. The van der Waals surface area contributed by atoms with Crippen LogP contribution in [0.1, 0.15) is 80.9 Å². The summed E-state index contributed by atoms with van der Waals surface area (Å²) in [6.07, 6.45) is 10.6. The highest BCUT2D eigenvalue weighted by Gasteiger charge is 2.53. The van der Waals surface area contributed by atoms with Crippen LogP contribution in [0.25, 0.3) is 0 Å². The lowest BCUT2D eigenvalue weighted by Gasteiger charge is -2.48. The molecular formula is C32H42N2O2. The van der Waals surface area contributed by atoms with Gasteiger partial charge in [-0.05, 0) is 61.5 Å². The van der Waals surface area contributed by atoms with Crippen LogP contribution in [0.5, 0.6) is 5.75 Å². The third-order valence-corrected chi connectivity index (χ3v) is 9.96. The first kappa shape index (κ1) is 24.0. The van der Waals surface area contributed by atoms with Gasteiger partial charge >= 0.3 is 0 Å². The molecule has 1 saturated carbocycles. The number of rotatable bonds is 4. The second-order valence-corrected chi connectivity index (χ2v) is 11.7. The zero-order valence-electron chi connectivity index (χ0n) is 21.9. The zero-order chi connectivity index (χ0) is 24.5. The fraction of sp³-hybridized carbons (Fsp3) is 0.594. The van der Waals surface area contributed by atoms with Crippen LogP contribution in [-0.4, -0.2) is 43.1 Å². The number of carbonyl (C=O) groups excluding carboxylic acids is 1. The average molecular weight is 487 g/mol. The molecule has 2 aromatic rings. The molecule has 1 spiro atoms. The molecule has 4 nitrogen and oxygen atoms in total. The minimum absolute atomic E-state index is 0.00776. The molecule has 3 fully saturated rings. The standard InChI is InChI=1S/C32H42N2O2/c1-2-23-14-9-15-27-30(23)36-19-17-32(27)22-33-21-28(32)31(35)34-18-16-26(24-10-5-3-6-11-24)20-29(34)25-12-7-4-8-13-25/h3,5-6,9-11,14-15,25-26,28-29,33H,2,4,7-8,12-13,16-22H2,1H3/t26-,28+,29+,32+/m1/s1. The summed E-state index contributed by atoms with van der Waals surface area (Å²) in [6, 6.07) is 18.0. The number of benzene rings is 2. The van der Waals surface area contributed by atoms with Gasteiger partial charge in [0.1, 0.15) is 5.75 Å². The molecule has 4 heteroatoms. The molecule has 0 bridgehead atoms. The van der Waals surface area contributed by atoms with Crippen LogP contribution in [0.2, 0.25) is 0 Å². The van der Waals surface area contributed by atoms with Crippen molar-refractivity contribution in [3.8, 4) is 5.75 Å². The van der Waals surface area contributed by atoms with Gasteiger partial charge in [-0.1, -0.05) is 74.7 Å². The largest absolute Gasteiger partial charge is 0.493 e. The number of nitrogens with one attached hydrogen (secondary N) is 1. The molecule has 0 unspecified atom stereocenters. The highest BCUT2D eigenvalue weighted by molar-refractivity contribution is 5.82. The lowest BCUT2D eigenvalue weighted by atomic mass is 9.67. The highest BCUT2D eigenvalue weighted by atomic mass is 16.5. The van der Waals surface area contributed by atoms with Gasteiger partial charge in [0.2, 0.25) is 5.91 Å². The van der Waals surface area contributed by atoms with Crippen LogP contribution in [0, 0.1) is 11.8 Å². The van der Waals surface area contributed by atoms with E-state index in [-0.39, 0.29) is 11.3 Å². The van der Waals surface area contributed by atoms with E-state index >= 15 is 0 Å². The molecular weight excluding hydrogens is 444 g/mol. The van der Waals surface area contributed by atoms with Crippen LogP contribution >= 0.6 is 0 Å². The lowest BCUT2D eigenvalue weighted by molar-refractivity contribution is -0.143. The first-order valence-corrected chi connectivity index (χ1v) is 14.5. The molecule has 192 valence electrons. The van der Waals surface area contributed by atoms with E-state index in [0.717, 1.165) is 51.1 Å². The number of piperidine rings is 1. The van der Waals surface area contributed by atoms with Crippen molar-refractivity contribution in [3.05, 3.63) is 65.2 Å². The Morgan fingerprint density at radius 3 is 2.69 bits per heavy atom. The van der Waals surface area contributed by atoms with Crippen LogP contribution in [0.15, 0.2) is 48.5 Å². The molecule has 0 radical (unpaired) electrons. The fourth-order valence-corrected chi connectivity index (χ4v) is 7.99. The van der Waals surface area contributed by atoms with Gasteiger partial charge in [-0.15, -0.1) is 0 Å². The predicted molar refractivity (Wildman–Crippen MR) is 144 cm³/mol. The predicted octanol–water partition coefficient (Wildman–Crippen LogP) is 5.84. The van der Waals surface area contributed by atoms with Gasteiger partial charge in [0.25, 0.3) is 0 Å². The molecule has 6 rings (SSSR count). The number of hydrogen-bond acceptors (Lipinski definition) is 3. The monoisotopic (exact) mass is 486 g/mol. The van der Waals surface area contributed by atoms with Gasteiger partial charge in [-0.3, -0.25) is 4.79 Å². The summed E-state index contributed by atoms with van der Waals surface area (Å²) in [5, 5.41) is 3.66. The number of para-hydroxylation sites is 1. The van der Waals surface area contributed by atoms with Gasteiger partial charge < -0.3 is 15.0 Å². The summed E-state index contributed by atoms with van der Waals surface area (Å²) in [4.78, 5) is 16.9. The van der Waals surface area contributed by atoms with Crippen LogP contribution in [0.4, 0.5) is 0 Å². The number of hydrogen-bond donors (Lipinski definition) is 1. The number of likely N-dealkylation sites (tertiary alicyclic amines) is 1. The number of amides is 1. The van der Waals surface area contributed by atoms with Crippen LogP contribution in [-0.2, 0) is 16.6 Å². The second kappa shape index (κ2) is 10.2. The number of ether oxygens (including phenoxy) is 1. The van der Waals surface area contributed by atoms with E-state index in [0.29, 0.717) is 30.4 Å². The molecule has 2 saturated heterocycles. The molecule has 1 N–H and O–H groups in total. The Balaban J connectivity index is 1.31. The van der Waals surface area contributed by atoms with E-state index < -0.39 is 0 Å². The molecule has 1 amide bonds. The first-order valence-electron chi connectivity index (χ1n) is 14.5. The maximum absolute atomic E-state index is 14.6. The smallest absolute Gasteiger partial charge is 0.228 e. The molecule has 1 aliphatic carbocycles. The summed E-state index contributed by atoms with van der Waals surface area (Å²) >= 11 is 0. The summed E-state index contributed by atoms with van der Waals surface area (Å²) in [5.74, 6) is 2.66. The molecule has 4 atom stereocenters. The van der Waals surface area contributed by atoms with Crippen molar-refractivity contribution < 1.29 is 9.53 Å². The van der Waals surface area contributed by atoms with Crippen molar-refractivity contribution in [2.24, 2.45) is 11.8 Å². The number of carbonyl (C=O) groups is 1. The highest BCUT2D eigenvalue weighted by Crippen LogP contribution is 2.49. The summed E-state index contributed by atoms with van der Waals surface area (Å²) in [7, 11) is 0. The van der Waals surface area contributed by atoms with Crippen molar-refractivity contribution in [3.63, 3.8) is 0 Å². The van der Waals surface area contributed by atoms with Crippen molar-refractivity contribution >= 4 is 5.91 Å². The minimum atomic E-state index is -0.150. The van der Waals surface area contributed by atoms with Crippen LogP contribution < -0.4 is 10.1 Å². The van der Waals surface area contributed by atoms with E-state index in [1.54, 1.807) is 0 Å². The Kier molecular flexibility index (Phi) is 6.81. The van der Waals surface area contributed by atoms with Gasteiger partial charge in [0, 0.05) is 36.7 Å². The molecule has 4 aliphatic rings. The third kappa shape index (κ3) is 4.16. The van der Waals surface area contributed by atoms with Crippen molar-refractivity contribution in [2.75, 3.05) is 26.2 Å². The number of aryl methyl sites for hydroxylation is 1. The fourth-order valence-electron chi connectivity index (χ4n) is 7.99. The van der Waals surface area contributed by atoms with Gasteiger partial charge in [-0.2, -0.15) is 0 Å². The summed E-state index contributed by atoms with van der Waals surface area (Å²) in [5.41, 5.74) is 3.84. The molecule has 36 heavy (non-hydrogen) atoms. The topological polar surface area (TPSA) is 41.6 Å². The third-order valence-electron chi connectivity index (χ3n) is 9.96. The average Bonchev–Trinajstić information content (AvgIpc) is 3.37. The molecule has 3 aliphatic heterocycles. The molecule has 3 heterocycles. The van der Waals surface area contributed by atoms with E-state index in [2.05, 4.69) is 65.7 Å². The lowest BCUT2D eigenvalue weighted by Crippen LogP contribution is -2.55. The Bertz CT molecular complexity index is 1060. The molecule has 2 aromatic carbocycles. The summed E-state index contributed by atoms with van der Waals surface area (Å²) < 4.78 is 6.23. The van der Waals surface area contributed by atoms with Crippen molar-refractivity contribution in [1.29, 1.82) is 0 Å². The van der Waals surface area contributed by atoms with Gasteiger partial charge in [-0.25, -0.2) is 0 Å². The molecule has 0 aromatic heterocycles. The number of fused-ring (bicyclic) bond motifs is 2. The van der Waals surface area contributed by atoms with E-state index in [1.807, 2.05) is 0 Å². The van der Waals surface area contributed by atoms with Crippen molar-refractivity contribution in [1.82, 2.24) is 10.2 Å². The normalized spacial score (nSPS) is 30.7. The van der Waals surface area contributed by atoms with E-state index in [1.165, 1.54) is 48.8 Å². The maximum Gasteiger partial charge on any atom is 0.228 e. The quantitative estimate of drug-likeness (QED) is 0.590. The van der Waals surface area contributed by atoms with Gasteiger partial charge in [0.15, 0.2) is 0 Å². The number of nitrogens with zero attached hydrogens (tertiary/aromatic N) is 1. The first-order chi connectivity index (χ1) is 17.7.